The van der Waals surface area contributed by atoms with Gasteiger partial charge in [-0.3, -0.25) is 4.79 Å². The van der Waals surface area contributed by atoms with Crippen molar-refractivity contribution < 1.29 is 4.79 Å². The molecule has 2 atom stereocenters. The Kier molecular flexibility index (Phi) is 4.78. The predicted octanol–water partition coefficient (Wildman–Crippen LogP) is 1.67. The van der Waals surface area contributed by atoms with Crippen molar-refractivity contribution >= 4 is 5.91 Å². The first-order valence-corrected chi connectivity index (χ1v) is 7.30. The number of likely N-dealkylation sites (tertiary alicyclic amines) is 1. The summed E-state index contributed by atoms with van der Waals surface area (Å²) in [4.78, 5) is 13.5. The summed E-state index contributed by atoms with van der Waals surface area (Å²) in [5, 5.41) is 3.64. The van der Waals surface area contributed by atoms with Gasteiger partial charge in [0.1, 0.15) is 0 Å². The van der Waals surface area contributed by atoms with E-state index in [1.807, 2.05) is 25.1 Å². The molecule has 1 aliphatic heterocycles. The van der Waals surface area contributed by atoms with Gasteiger partial charge in [0.15, 0.2) is 0 Å². The number of piperidine rings is 1. The van der Waals surface area contributed by atoms with Crippen molar-refractivity contribution in [1.29, 1.82) is 0 Å². The second-order valence-corrected chi connectivity index (χ2v) is 5.94. The molecule has 1 heterocycles. The second kappa shape index (κ2) is 6.37. The monoisotopic (exact) mass is 275 g/mol. The molecule has 110 valence electrons. The van der Waals surface area contributed by atoms with Crippen LogP contribution in [0.25, 0.3) is 0 Å². The molecule has 0 aliphatic carbocycles. The lowest BCUT2D eigenvalue weighted by Crippen LogP contribution is -2.45. The molecule has 1 saturated heterocycles. The van der Waals surface area contributed by atoms with E-state index in [0.717, 1.165) is 18.7 Å². The molecule has 0 aromatic heterocycles. The average Bonchev–Trinajstić information content (AvgIpc) is 2.41. The molecule has 1 fully saturated rings. The minimum absolute atomic E-state index is 0.364. The van der Waals surface area contributed by atoms with Gasteiger partial charge < -0.3 is 16.0 Å². The largest absolute Gasteiger partial charge is 0.366 e. The van der Waals surface area contributed by atoms with Gasteiger partial charge in [0.25, 0.3) is 0 Å². The van der Waals surface area contributed by atoms with E-state index in [1.54, 1.807) is 0 Å². The van der Waals surface area contributed by atoms with Crippen LogP contribution in [-0.4, -0.2) is 36.5 Å². The molecule has 1 amide bonds. The molecule has 4 nitrogen and oxygen atoms in total. The molecule has 0 radical (unpaired) electrons. The van der Waals surface area contributed by atoms with Crippen molar-refractivity contribution in [2.75, 3.05) is 13.6 Å². The van der Waals surface area contributed by atoms with E-state index in [1.165, 1.54) is 18.4 Å². The van der Waals surface area contributed by atoms with Crippen LogP contribution >= 0.6 is 0 Å². The molecular formula is C16H25N3O. The lowest BCUT2D eigenvalue weighted by Gasteiger charge is -2.35. The van der Waals surface area contributed by atoms with Crippen molar-refractivity contribution in [1.82, 2.24) is 10.2 Å². The molecule has 1 aromatic rings. The minimum Gasteiger partial charge on any atom is -0.366 e. The smallest absolute Gasteiger partial charge is 0.248 e. The number of primary amides is 1. The number of carbonyl (C=O) groups excluding carboxylic acids is 1. The number of carbonyl (C=O) groups is 1. The Balaban J connectivity index is 1.93. The van der Waals surface area contributed by atoms with Crippen LogP contribution in [0.4, 0.5) is 0 Å². The average molecular weight is 275 g/mol. The first-order valence-electron chi connectivity index (χ1n) is 7.30. The number of aryl methyl sites for hydroxylation is 1. The Morgan fingerprint density at radius 1 is 1.50 bits per heavy atom. The molecular weight excluding hydrogens is 250 g/mol. The normalized spacial score (nSPS) is 23.8. The van der Waals surface area contributed by atoms with Crippen LogP contribution in [0.1, 0.15) is 41.3 Å². The molecule has 2 unspecified atom stereocenters. The Bertz CT molecular complexity index is 487. The van der Waals surface area contributed by atoms with Crippen molar-refractivity contribution in [2.45, 2.75) is 45.3 Å². The maximum absolute atomic E-state index is 11.1. The third-order valence-electron chi connectivity index (χ3n) is 4.42. The van der Waals surface area contributed by atoms with Crippen LogP contribution in [0.5, 0.6) is 0 Å². The summed E-state index contributed by atoms with van der Waals surface area (Å²) < 4.78 is 0. The number of hydrogen-bond acceptors (Lipinski definition) is 3. The van der Waals surface area contributed by atoms with E-state index >= 15 is 0 Å². The highest BCUT2D eigenvalue weighted by atomic mass is 16.1. The Labute approximate surface area is 121 Å². The number of amides is 1. The summed E-state index contributed by atoms with van der Waals surface area (Å²) in [5.41, 5.74) is 8.23. The number of nitrogens with zero attached hydrogens (tertiary/aromatic N) is 1. The number of nitrogens with two attached hydrogens (primary N) is 1. The number of benzene rings is 1. The van der Waals surface area contributed by atoms with Crippen molar-refractivity contribution in [3.8, 4) is 0 Å². The van der Waals surface area contributed by atoms with Crippen LogP contribution in [0.2, 0.25) is 0 Å². The third-order valence-corrected chi connectivity index (χ3v) is 4.42. The summed E-state index contributed by atoms with van der Waals surface area (Å²) in [6, 6.07) is 6.90. The predicted molar refractivity (Wildman–Crippen MR) is 81.7 cm³/mol. The SMILES string of the molecule is Cc1cc(C(N)=O)ccc1CNC1CCN(C)C(C)C1. The number of rotatable bonds is 4. The van der Waals surface area contributed by atoms with Crippen LogP contribution in [0.15, 0.2) is 18.2 Å². The highest BCUT2D eigenvalue weighted by Gasteiger charge is 2.22. The van der Waals surface area contributed by atoms with Crippen LogP contribution < -0.4 is 11.1 Å². The lowest BCUT2D eigenvalue weighted by atomic mass is 9.98. The van der Waals surface area contributed by atoms with Gasteiger partial charge in [0, 0.05) is 24.2 Å². The fraction of sp³-hybridized carbons (Fsp3) is 0.562. The first-order chi connectivity index (χ1) is 9.47. The van der Waals surface area contributed by atoms with Gasteiger partial charge in [-0.2, -0.15) is 0 Å². The summed E-state index contributed by atoms with van der Waals surface area (Å²) in [6.07, 6.45) is 2.38. The highest BCUT2D eigenvalue weighted by molar-refractivity contribution is 5.93. The van der Waals surface area contributed by atoms with Crippen molar-refractivity contribution in [2.24, 2.45) is 5.73 Å². The van der Waals surface area contributed by atoms with Gasteiger partial charge in [-0.05, 0) is 63.5 Å². The summed E-state index contributed by atoms with van der Waals surface area (Å²) in [7, 11) is 2.19. The van der Waals surface area contributed by atoms with Gasteiger partial charge in [-0.25, -0.2) is 0 Å². The molecule has 20 heavy (non-hydrogen) atoms. The zero-order valence-corrected chi connectivity index (χ0v) is 12.6. The van der Waals surface area contributed by atoms with Crippen LogP contribution in [0, 0.1) is 6.92 Å². The standard InChI is InChI=1S/C16H25N3O/c1-11-8-13(16(17)20)4-5-14(11)10-18-15-6-7-19(3)12(2)9-15/h4-5,8,12,15,18H,6-7,9-10H2,1-3H3,(H2,17,20). The van der Waals surface area contributed by atoms with Gasteiger partial charge in [-0.1, -0.05) is 6.07 Å². The van der Waals surface area contributed by atoms with E-state index in [4.69, 9.17) is 5.73 Å². The van der Waals surface area contributed by atoms with E-state index in [2.05, 4.69) is 24.2 Å². The van der Waals surface area contributed by atoms with Crippen LogP contribution in [-0.2, 0) is 6.54 Å². The van der Waals surface area contributed by atoms with Gasteiger partial charge in [-0.15, -0.1) is 0 Å². The third kappa shape index (κ3) is 3.58. The molecule has 1 aliphatic rings. The molecule has 4 heteroatoms. The number of nitrogens with one attached hydrogen (secondary N) is 1. The molecule has 1 aromatic carbocycles. The summed E-state index contributed by atoms with van der Waals surface area (Å²) in [5.74, 6) is -0.364. The van der Waals surface area contributed by atoms with Crippen molar-refractivity contribution in [3.63, 3.8) is 0 Å². The topological polar surface area (TPSA) is 58.4 Å². The van der Waals surface area contributed by atoms with Gasteiger partial charge in [0.2, 0.25) is 5.91 Å². The Morgan fingerprint density at radius 3 is 2.85 bits per heavy atom. The van der Waals surface area contributed by atoms with E-state index in [-0.39, 0.29) is 5.91 Å². The molecule has 0 spiro atoms. The van der Waals surface area contributed by atoms with Gasteiger partial charge in [0.05, 0.1) is 0 Å². The zero-order chi connectivity index (χ0) is 14.7. The molecule has 3 N–H and O–H groups in total. The fourth-order valence-corrected chi connectivity index (χ4v) is 2.78. The Hall–Kier alpha value is -1.39. The van der Waals surface area contributed by atoms with E-state index in [0.29, 0.717) is 17.6 Å². The highest BCUT2D eigenvalue weighted by Crippen LogP contribution is 2.17. The van der Waals surface area contributed by atoms with Gasteiger partial charge >= 0.3 is 0 Å². The Morgan fingerprint density at radius 2 is 2.25 bits per heavy atom. The maximum Gasteiger partial charge on any atom is 0.248 e. The first kappa shape index (κ1) is 15.0. The molecule has 0 saturated carbocycles. The summed E-state index contributed by atoms with van der Waals surface area (Å²) >= 11 is 0. The minimum atomic E-state index is -0.364. The maximum atomic E-state index is 11.1. The van der Waals surface area contributed by atoms with E-state index < -0.39 is 0 Å². The zero-order valence-electron chi connectivity index (χ0n) is 12.6. The fourth-order valence-electron chi connectivity index (χ4n) is 2.78. The number of hydrogen-bond donors (Lipinski definition) is 2. The summed E-state index contributed by atoms with van der Waals surface area (Å²) in [6.45, 7) is 6.31. The quantitative estimate of drug-likeness (QED) is 0.878. The van der Waals surface area contributed by atoms with Crippen LogP contribution in [0.3, 0.4) is 0 Å². The molecule has 0 bridgehead atoms. The van der Waals surface area contributed by atoms with Crippen molar-refractivity contribution in [3.05, 3.63) is 34.9 Å². The molecule has 2 rings (SSSR count). The lowest BCUT2D eigenvalue weighted by molar-refractivity contribution is 0.1000. The second-order valence-electron chi connectivity index (χ2n) is 5.94. The van der Waals surface area contributed by atoms with E-state index in [9.17, 15) is 4.79 Å².